The molecule has 0 saturated heterocycles. The highest BCUT2D eigenvalue weighted by molar-refractivity contribution is 7.92. The van der Waals surface area contributed by atoms with E-state index in [4.69, 9.17) is 4.74 Å². The second kappa shape index (κ2) is 12.6. The lowest BCUT2D eigenvalue weighted by molar-refractivity contribution is -0.140. The second-order valence-electron chi connectivity index (χ2n) is 8.69. The van der Waals surface area contributed by atoms with E-state index in [0.29, 0.717) is 12.2 Å². The normalized spacial score (nSPS) is 13.0. The van der Waals surface area contributed by atoms with E-state index in [0.717, 1.165) is 28.1 Å². The summed E-state index contributed by atoms with van der Waals surface area (Å²) in [6.07, 6.45) is 2.19. The molecule has 35 heavy (non-hydrogen) atoms. The van der Waals surface area contributed by atoms with Crippen LogP contribution in [0.15, 0.2) is 48.5 Å². The maximum atomic E-state index is 13.7. The summed E-state index contributed by atoms with van der Waals surface area (Å²) in [5, 5.41) is 2.96. The third kappa shape index (κ3) is 7.71. The molecule has 0 aliphatic carbocycles. The van der Waals surface area contributed by atoms with Crippen LogP contribution in [0.1, 0.15) is 44.7 Å². The number of hydrogen-bond acceptors (Lipinski definition) is 5. The van der Waals surface area contributed by atoms with Crippen LogP contribution in [0.4, 0.5) is 5.69 Å². The van der Waals surface area contributed by atoms with Crippen LogP contribution in [0, 0.1) is 6.92 Å². The number of sulfonamides is 1. The van der Waals surface area contributed by atoms with Crippen molar-refractivity contribution in [1.29, 1.82) is 0 Å². The largest absolute Gasteiger partial charge is 0.495 e. The number of carbonyl (C=O) groups excluding carboxylic acids is 2. The smallest absolute Gasteiger partial charge is 0.244 e. The van der Waals surface area contributed by atoms with E-state index in [1.807, 2.05) is 58.0 Å². The van der Waals surface area contributed by atoms with Gasteiger partial charge in [0.2, 0.25) is 21.8 Å². The zero-order valence-electron chi connectivity index (χ0n) is 21.4. The molecule has 0 aliphatic rings. The summed E-state index contributed by atoms with van der Waals surface area (Å²) in [6.45, 7) is 7.26. The van der Waals surface area contributed by atoms with E-state index in [1.54, 1.807) is 18.2 Å². The maximum Gasteiger partial charge on any atom is 0.244 e. The predicted octanol–water partition coefficient (Wildman–Crippen LogP) is 3.49. The van der Waals surface area contributed by atoms with Crippen molar-refractivity contribution in [2.75, 3.05) is 24.2 Å². The van der Waals surface area contributed by atoms with Gasteiger partial charge in [-0.05, 0) is 49.9 Å². The number of carbonyl (C=O) groups is 2. The second-order valence-corrected chi connectivity index (χ2v) is 10.6. The number of ether oxygens (including phenoxy) is 1. The molecule has 8 nitrogen and oxygen atoms in total. The third-order valence-corrected chi connectivity index (χ3v) is 6.99. The molecule has 0 heterocycles. The van der Waals surface area contributed by atoms with Crippen molar-refractivity contribution < 1.29 is 22.7 Å². The lowest BCUT2D eigenvalue weighted by atomic mass is 10.1. The van der Waals surface area contributed by atoms with Gasteiger partial charge in [0, 0.05) is 12.6 Å². The molecule has 0 fully saturated rings. The molecule has 0 bridgehead atoms. The summed E-state index contributed by atoms with van der Waals surface area (Å²) in [6, 6.07) is 13.7. The Labute approximate surface area is 209 Å². The van der Waals surface area contributed by atoms with Crippen LogP contribution in [-0.2, 0) is 26.2 Å². The molecule has 0 aliphatic heterocycles. The van der Waals surface area contributed by atoms with E-state index in [1.165, 1.54) is 12.0 Å². The molecule has 2 atom stereocenters. The molecular formula is C26H37N3O5S. The van der Waals surface area contributed by atoms with Crippen molar-refractivity contribution in [3.63, 3.8) is 0 Å². The number of aryl methyl sites for hydroxylation is 1. The topological polar surface area (TPSA) is 96.0 Å². The zero-order chi connectivity index (χ0) is 26.2. The highest BCUT2D eigenvalue weighted by atomic mass is 32.2. The number of hydrogen-bond donors (Lipinski definition) is 1. The Morgan fingerprint density at radius 2 is 1.71 bits per heavy atom. The monoisotopic (exact) mass is 503 g/mol. The number of amides is 2. The molecule has 0 saturated carbocycles. The van der Waals surface area contributed by atoms with Gasteiger partial charge >= 0.3 is 0 Å². The van der Waals surface area contributed by atoms with E-state index < -0.39 is 28.5 Å². The van der Waals surface area contributed by atoms with Crippen LogP contribution in [0.3, 0.4) is 0 Å². The molecule has 2 aromatic carbocycles. The number of nitrogens with one attached hydrogen (secondary N) is 1. The Hall–Kier alpha value is -3.07. The van der Waals surface area contributed by atoms with E-state index in [2.05, 4.69) is 5.32 Å². The molecule has 2 amide bonds. The molecule has 1 N–H and O–H groups in total. The van der Waals surface area contributed by atoms with Gasteiger partial charge in [-0.1, -0.05) is 50.2 Å². The average molecular weight is 504 g/mol. The fourth-order valence-corrected chi connectivity index (χ4v) is 4.58. The van der Waals surface area contributed by atoms with Crippen LogP contribution in [0.25, 0.3) is 0 Å². The van der Waals surface area contributed by atoms with Crippen molar-refractivity contribution in [2.24, 2.45) is 0 Å². The SMILES string of the molecule is CC[C@H](C(=O)N[C@@H](C)CC)N(Cc1ccccc1)C(=O)CN(c1cc(C)ccc1OC)S(C)(=O)=O. The Morgan fingerprint density at radius 3 is 2.26 bits per heavy atom. The molecule has 0 aromatic heterocycles. The van der Waals surface area contributed by atoms with Gasteiger partial charge in [0.05, 0.1) is 19.1 Å². The van der Waals surface area contributed by atoms with Gasteiger partial charge in [0.25, 0.3) is 0 Å². The minimum Gasteiger partial charge on any atom is -0.495 e. The standard InChI is InChI=1S/C26H37N3O5S/c1-7-20(4)27-26(31)22(8-2)28(17-21-12-10-9-11-13-21)25(30)18-29(35(6,32)33)23-16-19(3)14-15-24(23)34-5/h9-16,20,22H,7-8,17-18H2,1-6H3,(H,27,31)/t20-,22+/m0/s1. The number of benzene rings is 2. The lowest BCUT2D eigenvalue weighted by Gasteiger charge is -2.33. The molecule has 192 valence electrons. The number of methoxy groups -OCH3 is 1. The molecule has 2 aromatic rings. The average Bonchev–Trinajstić information content (AvgIpc) is 2.82. The summed E-state index contributed by atoms with van der Waals surface area (Å²) >= 11 is 0. The summed E-state index contributed by atoms with van der Waals surface area (Å²) in [7, 11) is -2.39. The molecule has 0 unspecified atom stereocenters. The maximum absolute atomic E-state index is 13.7. The van der Waals surface area contributed by atoms with Gasteiger partial charge in [-0.3, -0.25) is 13.9 Å². The first-order valence-electron chi connectivity index (χ1n) is 11.8. The number of rotatable bonds is 12. The van der Waals surface area contributed by atoms with Crippen LogP contribution < -0.4 is 14.4 Å². The van der Waals surface area contributed by atoms with Crippen molar-refractivity contribution in [3.8, 4) is 5.75 Å². The zero-order valence-corrected chi connectivity index (χ0v) is 22.3. The van der Waals surface area contributed by atoms with Crippen LogP contribution in [0.5, 0.6) is 5.75 Å². The Morgan fingerprint density at radius 1 is 1.06 bits per heavy atom. The Bertz CT molecular complexity index is 1110. The fourth-order valence-electron chi connectivity index (χ4n) is 3.73. The van der Waals surface area contributed by atoms with Crippen LogP contribution in [0.2, 0.25) is 0 Å². The Balaban J connectivity index is 2.48. The summed E-state index contributed by atoms with van der Waals surface area (Å²) in [4.78, 5) is 28.3. The first-order chi connectivity index (χ1) is 16.5. The van der Waals surface area contributed by atoms with E-state index >= 15 is 0 Å². The van der Waals surface area contributed by atoms with Crippen molar-refractivity contribution in [2.45, 2.75) is 59.2 Å². The quantitative estimate of drug-likeness (QED) is 0.478. The van der Waals surface area contributed by atoms with Gasteiger partial charge in [-0.25, -0.2) is 8.42 Å². The fraction of sp³-hybridized carbons (Fsp3) is 0.462. The number of anilines is 1. The van der Waals surface area contributed by atoms with Crippen molar-refractivity contribution in [1.82, 2.24) is 10.2 Å². The van der Waals surface area contributed by atoms with E-state index in [9.17, 15) is 18.0 Å². The summed E-state index contributed by atoms with van der Waals surface area (Å²) in [5.74, 6) is -0.399. The van der Waals surface area contributed by atoms with Gasteiger partial charge in [-0.15, -0.1) is 0 Å². The van der Waals surface area contributed by atoms with Gasteiger partial charge < -0.3 is 15.0 Å². The molecule has 0 spiro atoms. The highest BCUT2D eigenvalue weighted by Crippen LogP contribution is 2.31. The van der Waals surface area contributed by atoms with E-state index in [-0.39, 0.29) is 24.2 Å². The first-order valence-corrected chi connectivity index (χ1v) is 13.6. The van der Waals surface area contributed by atoms with Crippen LogP contribution >= 0.6 is 0 Å². The summed E-state index contributed by atoms with van der Waals surface area (Å²) < 4.78 is 32.0. The summed E-state index contributed by atoms with van der Waals surface area (Å²) in [5.41, 5.74) is 1.94. The molecule has 0 radical (unpaired) electrons. The minimum absolute atomic E-state index is 0.0469. The van der Waals surface area contributed by atoms with Gasteiger partial charge in [0.1, 0.15) is 18.3 Å². The Kier molecular flexibility index (Phi) is 10.1. The van der Waals surface area contributed by atoms with Gasteiger partial charge in [-0.2, -0.15) is 0 Å². The minimum atomic E-state index is -3.84. The van der Waals surface area contributed by atoms with Crippen molar-refractivity contribution in [3.05, 3.63) is 59.7 Å². The highest BCUT2D eigenvalue weighted by Gasteiger charge is 2.32. The molecule has 2 rings (SSSR count). The van der Waals surface area contributed by atoms with Crippen molar-refractivity contribution >= 4 is 27.5 Å². The van der Waals surface area contributed by atoms with Gasteiger partial charge in [0.15, 0.2) is 0 Å². The van der Waals surface area contributed by atoms with Crippen LogP contribution in [-0.4, -0.2) is 57.1 Å². The first kappa shape index (κ1) is 28.2. The predicted molar refractivity (Wildman–Crippen MR) is 139 cm³/mol. The third-order valence-electron chi connectivity index (χ3n) is 5.86. The molecule has 9 heteroatoms. The number of nitrogens with zero attached hydrogens (tertiary/aromatic N) is 2. The molecular weight excluding hydrogens is 466 g/mol. The lowest BCUT2D eigenvalue weighted by Crippen LogP contribution is -2.53.